The van der Waals surface area contributed by atoms with Crippen LogP contribution >= 0.6 is 0 Å². The van der Waals surface area contributed by atoms with Crippen LogP contribution in [0.5, 0.6) is 5.75 Å². The van der Waals surface area contributed by atoms with Gasteiger partial charge in [-0.2, -0.15) is 0 Å². The molecule has 1 aliphatic heterocycles. The molecule has 2 unspecified atom stereocenters. The molecule has 5 rings (SSSR count). The van der Waals surface area contributed by atoms with Crippen molar-refractivity contribution in [1.29, 1.82) is 0 Å². The van der Waals surface area contributed by atoms with E-state index >= 15 is 0 Å². The SMILES string of the molecule is CCOc1ccc(CN(C)C)cc1NC(=O)C(NC(=O)N1CCN(c2ccc(F)cc2C)CC1)C(C)c1c[nH]c2ccccc12. The van der Waals surface area contributed by atoms with Crippen LogP contribution in [0.25, 0.3) is 10.9 Å². The lowest BCUT2D eigenvalue weighted by molar-refractivity contribution is -0.118. The zero-order valence-corrected chi connectivity index (χ0v) is 26.7. The number of ether oxygens (including phenoxy) is 1. The fraction of sp³-hybridized carbons (Fsp3) is 0.371. The highest BCUT2D eigenvalue weighted by Crippen LogP contribution is 2.31. The highest BCUT2D eigenvalue weighted by Gasteiger charge is 2.33. The van der Waals surface area contributed by atoms with E-state index in [0.717, 1.165) is 33.3 Å². The van der Waals surface area contributed by atoms with E-state index in [-0.39, 0.29) is 23.7 Å². The van der Waals surface area contributed by atoms with Crippen molar-refractivity contribution in [3.05, 3.63) is 89.4 Å². The van der Waals surface area contributed by atoms with Crippen LogP contribution in [0.15, 0.2) is 66.9 Å². The van der Waals surface area contributed by atoms with Gasteiger partial charge in [0.1, 0.15) is 17.6 Å². The van der Waals surface area contributed by atoms with Crippen LogP contribution in [0.2, 0.25) is 0 Å². The molecular formula is C35H43FN6O3. The van der Waals surface area contributed by atoms with Crippen molar-refractivity contribution in [2.24, 2.45) is 0 Å². The number of para-hydroxylation sites is 1. The first kappa shape index (κ1) is 31.8. The number of carbonyl (C=O) groups is 2. The Labute approximate surface area is 264 Å². The lowest BCUT2D eigenvalue weighted by Crippen LogP contribution is -2.56. The summed E-state index contributed by atoms with van der Waals surface area (Å²) in [7, 11) is 3.98. The van der Waals surface area contributed by atoms with Gasteiger partial charge in [0, 0.05) is 61.4 Å². The van der Waals surface area contributed by atoms with Crippen molar-refractivity contribution < 1.29 is 18.7 Å². The number of H-pyrrole nitrogens is 1. The number of aryl methyl sites for hydroxylation is 1. The summed E-state index contributed by atoms with van der Waals surface area (Å²) in [5.41, 5.74) is 5.32. The number of piperazine rings is 1. The number of hydrogen-bond donors (Lipinski definition) is 3. The van der Waals surface area contributed by atoms with Gasteiger partial charge in [-0.1, -0.05) is 31.2 Å². The second-order valence-corrected chi connectivity index (χ2v) is 11.9. The summed E-state index contributed by atoms with van der Waals surface area (Å²) in [6.07, 6.45) is 1.91. The van der Waals surface area contributed by atoms with E-state index in [4.69, 9.17) is 4.74 Å². The van der Waals surface area contributed by atoms with Crippen LogP contribution in [0, 0.1) is 12.7 Å². The number of aromatic nitrogens is 1. The molecule has 1 fully saturated rings. The molecule has 0 saturated carbocycles. The maximum atomic E-state index is 14.1. The molecule has 0 bridgehead atoms. The number of anilines is 2. The summed E-state index contributed by atoms with van der Waals surface area (Å²) in [5.74, 6) is -0.371. The maximum absolute atomic E-state index is 14.1. The van der Waals surface area contributed by atoms with Crippen molar-refractivity contribution in [3.8, 4) is 5.75 Å². The minimum atomic E-state index is -0.874. The zero-order chi connectivity index (χ0) is 32.1. The topological polar surface area (TPSA) is 92.9 Å². The quantitative estimate of drug-likeness (QED) is 0.213. The minimum Gasteiger partial charge on any atom is -0.492 e. The maximum Gasteiger partial charge on any atom is 0.318 e. The Balaban J connectivity index is 1.38. The third-order valence-electron chi connectivity index (χ3n) is 8.34. The average Bonchev–Trinajstić information content (AvgIpc) is 3.45. The van der Waals surface area contributed by atoms with E-state index in [9.17, 15) is 14.0 Å². The van der Waals surface area contributed by atoms with Gasteiger partial charge in [0.2, 0.25) is 5.91 Å². The second kappa shape index (κ2) is 14.0. The van der Waals surface area contributed by atoms with E-state index in [2.05, 4.69) is 25.4 Å². The molecule has 0 aliphatic carbocycles. The van der Waals surface area contributed by atoms with Gasteiger partial charge in [0.05, 0.1) is 12.3 Å². The predicted molar refractivity (Wildman–Crippen MR) is 178 cm³/mol. The van der Waals surface area contributed by atoms with Crippen LogP contribution < -0.4 is 20.3 Å². The Morgan fingerprint density at radius 2 is 1.80 bits per heavy atom. The Morgan fingerprint density at radius 1 is 1.04 bits per heavy atom. The van der Waals surface area contributed by atoms with Crippen LogP contribution in [0.4, 0.5) is 20.6 Å². The Bertz CT molecular complexity index is 1650. The summed E-state index contributed by atoms with van der Waals surface area (Å²) < 4.78 is 19.5. The van der Waals surface area contributed by atoms with Crippen molar-refractivity contribution in [2.45, 2.75) is 39.3 Å². The lowest BCUT2D eigenvalue weighted by Gasteiger charge is -2.37. The molecule has 1 saturated heterocycles. The van der Waals surface area contributed by atoms with E-state index in [1.54, 1.807) is 11.0 Å². The largest absolute Gasteiger partial charge is 0.492 e. The molecular weight excluding hydrogens is 571 g/mol. The lowest BCUT2D eigenvalue weighted by atomic mass is 9.92. The number of carbonyl (C=O) groups excluding carboxylic acids is 2. The van der Waals surface area contributed by atoms with Gasteiger partial charge >= 0.3 is 6.03 Å². The van der Waals surface area contributed by atoms with Crippen LogP contribution in [-0.4, -0.2) is 79.6 Å². The number of nitrogens with zero attached hydrogens (tertiary/aromatic N) is 3. The average molecular weight is 615 g/mol. The number of aromatic amines is 1. The van der Waals surface area contributed by atoms with Gasteiger partial charge in [0.25, 0.3) is 0 Å². The molecule has 0 spiro atoms. The fourth-order valence-electron chi connectivity index (χ4n) is 6.05. The number of urea groups is 1. The van der Waals surface area contributed by atoms with Gasteiger partial charge in [0.15, 0.2) is 0 Å². The summed E-state index contributed by atoms with van der Waals surface area (Å²) >= 11 is 0. The summed E-state index contributed by atoms with van der Waals surface area (Å²) in [4.78, 5) is 37.1. The molecule has 3 amide bonds. The monoisotopic (exact) mass is 614 g/mol. The summed E-state index contributed by atoms with van der Waals surface area (Å²) in [6.45, 7) is 9.05. The Hall–Kier alpha value is -4.57. The summed E-state index contributed by atoms with van der Waals surface area (Å²) in [6, 6.07) is 17.3. The Kier molecular flexibility index (Phi) is 9.93. The third kappa shape index (κ3) is 7.39. The number of benzene rings is 3. The van der Waals surface area contributed by atoms with E-state index in [1.807, 2.05) is 83.5 Å². The molecule has 3 aromatic carbocycles. The van der Waals surface area contributed by atoms with Crippen molar-refractivity contribution >= 4 is 34.2 Å². The smallest absolute Gasteiger partial charge is 0.318 e. The highest BCUT2D eigenvalue weighted by molar-refractivity contribution is 5.99. The molecule has 4 aromatic rings. The molecule has 45 heavy (non-hydrogen) atoms. The van der Waals surface area contributed by atoms with Gasteiger partial charge < -0.3 is 35.1 Å². The minimum absolute atomic E-state index is 0.263. The third-order valence-corrected chi connectivity index (χ3v) is 8.34. The molecule has 2 atom stereocenters. The van der Waals surface area contributed by atoms with E-state index < -0.39 is 6.04 Å². The van der Waals surface area contributed by atoms with Gasteiger partial charge in [-0.05, 0) is 81.0 Å². The van der Waals surface area contributed by atoms with Gasteiger partial charge in [-0.15, -0.1) is 0 Å². The number of rotatable bonds is 10. The molecule has 9 nitrogen and oxygen atoms in total. The number of amides is 3. The van der Waals surface area contributed by atoms with Gasteiger partial charge in [-0.25, -0.2) is 9.18 Å². The molecule has 1 aliphatic rings. The zero-order valence-electron chi connectivity index (χ0n) is 26.7. The first-order valence-electron chi connectivity index (χ1n) is 15.5. The number of fused-ring (bicyclic) bond motifs is 1. The number of halogens is 1. The first-order chi connectivity index (χ1) is 21.6. The van der Waals surface area contributed by atoms with Gasteiger partial charge in [-0.3, -0.25) is 4.79 Å². The van der Waals surface area contributed by atoms with E-state index in [1.165, 1.54) is 12.1 Å². The number of hydrogen-bond acceptors (Lipinski definition) is 5. The molecule has 2 heterocycles. The van der Waals surface area contributed by atoms with Crippen LogP contribution in [0.1, 0.15) is 36.5 Å². The molecule has 0 radical (unpaired) electrons. The molecule has 10 heteroatoms. The van der Waals surface area contributed by atoms with Crippen molar-refractivity contribution in [1.82, 2.24) is 20.1 Å². The predicted octanol–water partition coefficient (Wildman–Crippen LogP) is 5.72. The molecule has 238 valence electrons. The number of nitrogens with one attached hydrogen (secondary N) is 3. The first-order valence-corrected chi connectivity index (χ1v) is 15.5. The van der Waals surface area contributed by atoms with Crippen molar-refractivity contribution in [2.75, 3.05) is 57.1 Å². The molecule has 3 N–H and O–H groups in total. The normalized spacial score (nSPS) is 14.8. The fourth-order valence-corrected chi connectivity index (χ4v) is 6.05. The highest BCUT2D eigenvalue weighted by atomic mass is 19.1. The standard InChI is InChI=1S/C35H43FN6O3/c1-6-45-32-14-11-25(22-40(4)5)20-30(32)38-34(43)33(24(3)28-21-37-29-10-8-7-9-27(28)29)39-35(44)42-17-15-41(16-18-42)31-13-12-26(36)19-23(31)2/h7-14,19-21,24,33,37H,6,15-18,22H2,1-5H3,(H,38,43)(H,39,44). The molecule has 1 aromatic heterocycles. The second-order valence-electron chi connectivity index (χ2n) is 11.9. The van der Waals surface area contributed by atoms with Crippen molar-refractivity contribution in [3.63, 3.8) is 0 Å². The Morgan fingerprint density at radius 3 is 2.51 bits per heavy atom. The van der Waals surface area contributed by atoms with Crippen LogP contribution in [-0.2, 0) is 11.3 Å². The summed E-state index contributed by atoms with van der Waals surface area (Å²) in [5, 5.41) is 7.16. The van der Waals surface area contributed by atoms with Crippen LogP contribution in [0.3, 0.4) is 0 Å². The van der Waals surface area contributed by atoms with E-state index in [0.29, 0.717) is 50.8 Å².